The summed E-state index contributed by atoms with van der Waals surface area (Å²) < 4.78 is 5.53. The highest BCUT2D eigenvalue weighted by Crippen LogP contribution is 2.30. The number of aryl methyl sites for hydroxylation is 3. The number of carbonyl (C=O) groups excluding carboxylic acids is 2. The van der Waals surface area contributed by atoms with Gasteiger partial charge in [-0.25, -0.2) is 0 Å². The van der Waals surface area contributed by atoms with E-state index in [9.17, 15) is 9.59 Å². The standard InChI is InChI=1S/C19H21ClN2O3/c1-6-25-18-13(5)21-12(4)16(14(18)9-23)19(24)22-17-10(2)7-8-15(20)11(17)3/h7-9H,6H2,1-5H3,(H,22,24). The minimum absolute atomic E-state index is 0.210. The molecule has 2 rings (SSSR count). The molecule has 6 heteroatoms. The number of hydrogen-bond acceptors (Lipinski definition) is 4. The lowest BCUT2D eigenvalue weighted by atomic mass is 10.0. The second-order valence-corrected chi connectivity index (χ2v) is 6.18. The molecule has 1 aromatic carbocycles. The molecule has 1 aromatic heterocycles. The van der Waals surface area contributed by atoms with Gasteiger partial charge in [-0.1, -0.05) is 17.7 Å². The van der Waals surface area contributed by atoms with Crippen LogP contribution in [0.1, 0.15) is 50.2 Å². The number of anilines is 1. The molecule has 2 aromatic rings. The van der Waals surface area contributed by atoms with Crippen molar-refractivity contribution in [2.24, 2.45) is 0 Å². The predicted molar refractivity (Wildman–Crippen MR) is 99.1 cm³/mol. The maximum absolute atomic E-state index is 12.9. The van der Waals surface area contributed by atoms with Crippen molar-refractivity contribution in [2.75, 3.05) is 11.9 Å². The van der Waals surface area contributed by atoms with E-state index in [0.29, 0.717) is 40.7 Å². The lowest BCUT2D eigenvalue weighted by molar-refractivity contribution is 0.101. The van der Waals surface area contributed by atoms with E-state index in [2.05, 4.69) is 10.3 Å². The van der Waals surface area contributed by atoms with Crippen LogP contribution in [0.3, 0.4) is 0 Å². The molecule has 132 valence electrons. The highest BCUT2D eigenvalue weighted by Gasteiger charge is 2.23. The van der Waals surface area contributed by atoms with Crippen molar-refractivity contribution in [3.05, 3.63) is 50.8 Å². The molecule has 0 saturated carbocycles. The monoisotopic (exact) mass is 360 g/mol. The van der Waals surface area contributed by atoms with E-state index >= 15 is 0 Å². The Morgan fingerprint density at radius 1 is 1.24 bits per heavy atom. The Bertz CT molecular complexity index is 847. The number of halogens is 1. The van der Waals surface area contributed by atoms with Crippen molar-refractivity contribution in [3.63, 3.8) is 0 Å². The Balaban J connectivity index is 2.55. The van der Waals surface area contributed by atoms with Crippen LogP contribution in [0.5, 0.6) is 5.75 Å². The number of ether oxygens (including phenoxy) is 1. The number of nitrogens with zero attached hydrogens (tertiary/aromatic N) is 1. The number of nitrogens with one attached hydrogen (secondary N) is 1. The lowest BCUT2D eigenvalue weighted by Crippen LogP contribution is -2.19. The summed E-state index contributed by atoms with van der Waals surface area (Å²) in [5, 5.41) is 3.42. The molecule has 0 atom stereocenters. The van der Waals surface area contributed by atoms with Gasteiger partial charge in [-0.3, -0.25) is 14.6 Å². The third-order valence-corrected chi connectivity index (χ3v) is 4.43. The Labute approximate surface area is 152 Å². The first-order valence-corrected chi connectivity index (χ1v) is 8.35. The van der Waals surface area contributed by atoms with Crippen molar-refractivity contribution < 1.29 is 14.3 Å². The number of rotatable bonds is 5. The zero-order valence-electron chi connectivity index (χ0n) is 15.0. The van der Waals surface area contributed by atoms with Crippen LogP contribution < -0.4 is 10.1 Å². The number of aldehydes is 1. The lowest BCUT2D eigenvalue weighted by Gasteiger charge is -2.17. The molecule has 0 aliphatic carbocycles. The van der Waals surface area contributed by atoms with Crippen LogP contribution in [-0.2, 0) is 0 Å². The Morgan fingerprint density at radius 2 is 1.92 bits per heavy atom. The number of carbonyl (C=O) groups is 2. The summed E-state index contributed by atoms with van der Waals surface area (Å²) in [7, 11) is 0. The molecule has 25 heavy (non-hydrogen) atoms. The number of hydrogen-bond donors (Lipinski definition) is 1. The molecule has 0 spiro atoms. The average molecular weight is 361 g/mol. The van der Waals surface area contributed by atoms with Crippen LogP contribution in [0.15, 0.2) is 12.1 Å². The predicted octanol–water partition coefficient (Wildman–Crippen LogP) is 4.43. The van der Waals surface area contributed by atoms with Gasteiger partial charge in [0.2, 0.25) is 0 Å². The van der Waals surface area contributed by atoms with Crippen LogP contribution in [0.2, 0.25) is 5.02 Å². The highest BCUT2D eigenvalue weighted by atomic mass is 35.5. The Kier molecular flexibility index (Phi) is 5.80. The summed E-state index contributed by atoms with van der Waals surface area (Å²) in [6.07, 6.45) is 0.638. The van der Waals surface area contributed by atoms with Gasteiger partial charge < -0.3 is 10.1 Å². The van der Waals surface area contributed by atoms with Gasteiger partial charge in [-0.05, 0) is 51.8 Å². The van der Waals surface area contributed by atoms with Crippen LogP contribution in [0.4, 0.5) is 5.69 Å². The highest BCUT2D eigenvalue weighted by molar-refractivity contribution is 6.32. The summed E-state index contributed by atoms with van der Waals surface area (Å²) >= 11 is 6.15. The summed E-state index contributed by atoms with van der Waals surface area (Å²) in [5.41, 5.74) is 3.75. The zero-order chi connectivity index (χ0) is 18.7. The largest absolute Gasteiger partial charge is 0.491 e. The molecule has 5 nitrogen and oxygen atoms in total. The van der Waals surface area contributed by atoms with E-state index in [1.807, 2.05) is 26.8 Å². The van der Waals surface area contributed by atoms with Crippen molar-refractivity contribution in [3.8, 4) is 5.75 Å². The molecule has 0 aliphatic rings. The number of amides is 1. The summed E-state index contributed by atoms with van der Waals surface area (Å²) in [5.74, 6) is -0.0747. The van der Waals surface area contributed by atoms with Crippen LogP contribution in [0, 0.1) is 27.7 Å². The van der Waals surface area contributed by atoms with E-state index in [1.54, 1.807) is 19.9 Å². The normalized spacial score (nSPS) is 10.5. The van der Waals surface area contributed by atoms with E-state index < -0.39 is 5.91 Å². The summed E-state index contributed by atoms with van der Waals surface area (Å²) in [4.78, 5) is 28.9. The van der Waals surface area contributed by atoms with Crippen molar-refractivity contribution in [2.45, 2.75) is 34.6 Å². The fourth-order valence-corrected chi connectivity index (χ4v) is 2.93. The van der Waals surface area contributed by atoms with Crippen molar-refractivity contribution in [1.82, 2.24) is 4.98 Å². The fourth-order valence-electron chi connectivity index (χ4n) is 2.78. The molecule has 0 bridgehead atoms. The molecule has 1 heterocycles. The number of pyridine rings is 1. The third-order valence-electron chi connectivity index (χ3n) is 4.02. The molecule has 0 aliphatic heterocycles. The Hall–Kier alpha value is -2.40. The molecule has 0 radical (unpaired) electrons. The van der Waals surface area contributed by atoms with Gasteiger partial charge in [-0.15, -0.1) is 0 Å². The molecular formula is C19H21ClN2O3. The van der Waals surface area contributed by atoms with Gasteiger partial charge in [0.25, 0.3) is 5.91 Å². The maximum Gasteiger partial charge on any atom is 0.258 e. The SMILES string of the molecule is CCOc1c(C)nc(C)c(C(=O)Nc2c(C)ccc(Cl)c2C)c1C=O. The summed E-state index contributed by atoms with van der Waals surface area (Å²) in [6.45, 7) is 9.34. The average Bonchev–Trinajstić information content (AvgIpc) is 2.57. The minimum atomic E-state index is -0.415. The molecular weight excluding hydrogens is 340 g/mol. The Morgan fingerprint density at radius 3 is 2.52 bits per heavy atom. The van der Waals surface area contributed by atoms with E-state index in [4.69, 9.17) is 16.3 Å². The van der Waals surface area contributed by atoms with Gasteiger partial charge in [0, 0.05) is 10.7 Å². The smallest absolute Gasteiger partial charge is 0.258 e. The second-order valence-electron chi connectivity index (χ2n) is 5.77. The van der Waals surface area contributed by atoms with Gasteiger partial charge in [0.1, 0.15) is 0 Å². The van der Waals surface area contributed by atoms with Crippen molar-refractivity contribution >= 4 is 29.5 Å². The van der Waals surface area contributed by atoms with Gasteiger partial charge in [-0.2, -0.15) is 0 Å². The van der Waals surface area contributed by atoms with Crippen LogP contribution in [-0.4, -0.2) is 23.8 Å². The van der Waals surface area contributed by atoms with Gasteiger partial charge >= 0.3 is 0 Å². The first kappa shape index (κ1) is 18.9. The van der Waals surface area contributed by atoms with Gasteiger partial charge in [0.15, 0.2) is 12.0 Å². The third kappa shape index (κ3) is 3.66. The fraction of sp³-hybridized carbons (Fsp3) is 0.316. The van der Waals surface area contributed by atoms with E-state index in [-0.39, 0.29) is 11.1 Å². The second kappa shape index (κ2) is 7.66. The zero-order valence-corrected chi connectivity index (χ0v) is 15.7. The molecule has 0 fully saturated rings. The van der Waals surface area contributed by atoms with E-state index in [0.717, 1.165) is 11.1 Å². The van der Waals surface area contributed by atoms with Gasteiger partial charge in [0.05, 0.1) is 29.1 Å². The maximum atomic E-state index is 12.9. The molecule has 1 amide bonds. The molecule has 0 saturated heterocycles. The quantitative estimate of drug-likeness (QED) is 0.801. The first-order chi connectivity index (χ1) is 11.8. The topological polar surface area (TPSA) is 68.3 Å². The van der Waals surface area contributed by atoms with E-state index in [1.165, 1.54) is 0 Å². The minimum Gasteiger partial charge on any atom is -0.491 e. The number of benzene rings is 1. The molecule has 0 unspecified atom stereocenters. The molecule has 1 N–H and O–H groups in total. The number of aromatic nitrogens is 1. The summed E-state index contributed by atoms with van der Waals surface area (Å²) in [6, 6.07) is 3.61. The first-order valence-electron chi connectivity index (χ1n) is 7.98. The van der Waals surface area contributed by atoms with Crippen LogP contribution in [0.25, 0.3) is 0 Å². The van der Waals surface area contributed by atoms with Crippen molar-refractivity contribution in [1.29, 1.82) is 0 Å². The van der Waals surface area contributed by atoms with Crippen LogP contribution >= 0.6 is 11.6 Å².